The van der Waals surface area contributed by atoms with E-state index in [-0.39, 0.29) is 0 Å². The lowest BCUT2D eigenvalue weighted by atomic mass is 9.75. The van der Waals surface area contributed by atoms with Gasteiger partial charge < -0.3 is 5.32 Å². The zero-order valence-corrected chi connectivity index (χ0v) is 9.09. The Bertz CT molecular complexity index is 306. The maximum absolute atomic E-state index is 3.55. The third kappa shape index (κ3) is 1.92. The van der Waals surface area contributed by atoms with Gasteiger partial charge in [-0.2, -0.15) is 0 Å². The number of hydrogen-bond acceptors (Lipinski definition) is 1. The van der Waals surface area contributed by atoms with Gasteiger partial charge >= 0.3 is 0 Å². The molecular formula is C13H19N. The van der Waals surface area contributed by atoms with Crippen LogP contribution in [0.15, 0.2) is 24.3 Å². The fourth-order valence-electron chi connectivity index (χ4n) is 2.05. The van der Waals surface area contributed by atoms with Crippen LogP contribution in [0.2, 0.25) is 0 Å². The fourth-order valence-corrected chi connectivity index (χ4v) is 2.05. The fraction of sp³-hybridized carbons (Fsp3) is 0.538. The zero-order chi connectivity index (χ0) is 9.97. The van der Waals surface area contributed by atoms with Crippen LogP contribution < -0.4 is 5.32 Å². The van der Waals surface area contributed by atoms with Crippen molar-refractivity contribution in [2.45, 2.75) is 26.7 Å². The van der Waals surface area contributed by atoms with E-state index in [1.165, 1.54) is 24.1 Å². The zero-order valence-electron chi connectivity index (χ0n) is 9.09. The highest BCUT2D eigenvalue weighted by Crippen LogP contribution is 2.33. The average Bonchev–Trinajstić information content (AvgIpc) is 2.19. The molecular weight excluding hydrogens is 170 g/mol. The minimum atomic E-state index is 0.898. The first-order chi connectivity index (χ1) is 6.77. The first-order valence-corrected chi connectivity index (χ1v) is 5.57. The summed E-state index contributed by atoms with van der Waals surface area (Å²) >= 11 is 0. The second-order valence-electron chi connectivity index (χ2n) is 4.51. The molecule has 0 aromatic heterocycles. The lowest BCUT2D eigenvalue weighted by Crippen LogP contribution is -2.29. The van der Waals surface area contributed by atoms with E-state index in [4.69, 9.17) is 0 Å². The Morgan fingerprint density at radius 2 is 2.07 bits per heavy atom. The Kier molecular flexibility index (Phi) is 2.76. The largest absolute Gasteiger partial charge is 0.385 e. The first-order valence-electron chi connectivity index (χ1n) is 5.57. The topological polar surface area (TPSA) is 12.0 Å². The van der Waals surface area contributed by atoms with Gasteiger partial charge in [-0.1, -0.05) is 31.5 Å². The summed E-state index contributed by atoms with van der Waals surface area (Å²) in [6.07, 6.45) is 2.82. The first kappa shape index (κ1) is 9.57. The predicted octanol–water partition coefficient (Wildman–Crippen LogP) is 3.45. The van der Waals surface area contributed by atoms with Gasteiger partial charge in [-0.3, -0.25) is 0 Å². The van der Waals surface area contributed by atoms with E-state index in [0.29, 0.717) is 0 Å². The molecule has 1 nitrogen and oxygen atoms in total. The van der Waals surface area contributed by atoms with Crippen LogP contribution in [0.3, 0.4) is 0 Å². The molecule has 2 rings (SSSR count). The van der Waals surface area contributed by atoms with Crippen molar-refractivity contribution in [3.63, 3.8) is 0 Å². The highest BCUT2D eigenvalue weighted by molar-refractivity contribution is 5.50. The number of anilines is 1. The van der Waals surface area contributed by atoms with E-state index < -0.39 is 0 Å². The summed E-state index contributed by atoms with van der Waals surface area (Å²) in [5.74, 6) is 1.82. The minimum Gasteiger partial charge on any atom is -0.385 e. The van der Waals surface area contributed by atoms with Gasteiger partial charge in [-0.05, 0) is 36.8 Å². The van der Waals surface area contributed by atoms with Crippen molar-refractivity contribution in [1.82, 2.24) is 0 Å². The predicted molar refractivity (Wildman–Crippen MR) is 61.6 cm³/mol. The number of para-hydroxylation sites is 1. The van der Waals surface area contributed by atoms with Crippen LogP contribution in [0.25, 0.3) is 0 Å². The van der Waals surface area contributed by atoms with Crippen molar-refractivity contribution < 1.29 is 0 Å². The van der Waals surface area contributed by atoms with Gasteiger partial charge in [0.2, 0.25) is 0 Å². The van der Waals surface area contributed by atoms with Crippen LogP contribution in [0.4, 0.5) is 5.69 Å². The van der Waals surface area contributed by atoms with Crippen molar-refractivity contribution in [3.8, 4) is 0 Å². The molecule has 14 heavy (non-hydrogen) atoms. The number of nitrogens with one attached hydrogen (secondary N) is 1. The molecule has 1 aliphatic rings. The molecule has 0 unspecified atom stereocenters. The number of hydrogen-bond donors (Lipinski definition) is 1. The number of aryl methyl sites for hydroxylation is 1. The Labute approximate surface area is 86.5 Å². The molecule has 1 heteroatoms. The van der Waals surface area contributed by atoms with E-state index in [2.05, 4.69) is 43.4 Å². The third-order valence-corrected chi connectivity index (χ3v) is 3.50. The van der Waals surface area contributed by atoms with Crippen LogP contribution >= 0.6 is 0 Å². The molecule has 0 heterocycles. The summed E-state index contributed by atoms with van der Waals surface area (Å²) in [5.41, 5.74) is 2.64. The molecule has 2 atom stereocenters. The Hall–Kier alpha value is -0.980. The highest BCUT2D eigenvalue weighted by atomic mass is 14.9. The van der Waals surface area contributed by atoms with Gasteiger partial charge in [-0.15, -0.1) is 0 Å². The summed E-state index contributed by atoms with van der Waals surface area (Å²) in [6, 6.07) is 8.51. The van der Waals surface area contributed by atoms with E-state index in [1.807, 2.05) is 0 Å². The van der Waals surface area contributed by atoms with Gasteiger partial charge in [-0.25, -0.2) is 0 Å². The van der Waals surface area contributed by atoms with Gasteiger partial charge in [0.25, 0.3) is 0 Å². The van der Waals surface area contributed by atoms with Gasteiger partial charge in [0, 0.05) is 12.2 Å². The van der Waals surface area contributed by atoms with Gasteiger partial charge in [0.15, 0.2) is 0 Å². The van der Waals surface area contributed by atoms with Gasteiger partial charge in [0.1, 0.15) is 0 Å². The minimum absolute atomic E-state index is 0.898. The SMILES string of the molecule is Cc1ccccc1NC[C@@H]1CC[C@H]1C. The van der Waals surface area contributed by atoms with Crippen LogP contribution in [0, 0.1) is 18.8 Å². The van der Waals surface area contributed by atoms with Crippen molar-refractivity contribution in [2.24, 2.45) is 11.8 Å². The standard InChI is InChI=1S/C13H19N/c1-10-7-8-12(10)9-14-13-6-4-3-5-11(13)2/h3-6,10,12,14H,7-9H2,1-2H3/t10-,12+/m1/s1. The third-order valence-electron chi connectivity index (χ3n) is 3.50. The van der Waals surface area contributed by atoms with E-state index >= 15 is 0 Å². The van der Waals surface area contributed by atoms with Crippen LogP contribution in [0.1, 0.15) is 25.3 Å². The molecule has 1 aromatic carbocycles. The van der Waals surface area contributed by atoms with Gasteiger partial charge in [0.05, 0.1) is 0 Å². The average molecular weight is 189 g/mol. The van der Waals surface area contributed by atoms with Crippen molar-refractivity contribution in [1.29, 1.82) is 0 Å². The highest BCUT2D eigenvalue weighted by Gasteiger charge is 2.25. The normalized spacial score (nSPS) is 25.6. The molecule has 1 aliphatic carbocycles. The van der Waals surface area contributed by atoms with E-state index in [9.17, 15) is 0 Å². The van der Waals surface area contributed by atoms with E-state index in [0.717, 1.165) is 18.4 Å². The van der Waals surface area contributed by atoms with Crippen molar-refractivity contribution >= 4 is 5.69 Å². The van der Waals surface area contributed by atoms with E-state index in [1.54, 1.807) is 0 Å². The molecule has 0 radical (unpaired) electrons. The molecule has 0 amide bonds. The summed E-state index contributed by atoms with van der Waals surface area (Å²) < 4.78 is 0. The lowest BCUT2D eigenvalue weighted by Gasteiger charge is -2.34. The summed E-state index contributed by atoms with van der Waals surface area (Å²) in [4.78, 5) is 0. The molecule has 1 aromatic rings. The van der Waals surface area contributed by atoms with Crippen molar-refractivity contribution in [2.75, 3.05) is 11.9 Å². The van der Waals surface area contributed by atoms with Crippen LogP contribution in [-0.4, -0.2) is 6.54 Å². The number of rotatable bonds is 3. The molecule has 1 fully saturated rings. The molecule has 0 spiro atoms. The second-order valence-corrected chi connectivity index (χ2v) is 4.51. The quantitative estimate of drug-likeness (QED) is 0.768. The molecule has 1 N–H and O–H groups in total. The molecule has 1 saturated carbocycles. The Morgan fingerprint density at radius 1 is 1.29 bits per heavy atom. The Morgan fingerprint density at radius 3 is 2.64 bits per heavy atom. The lowest BCUT2D eigenvalue weighted by molar-refractivity contribution is 0.210. The number of benzene rings is 1. The molecule has 0 saturated heterocycles. The maximum atomic E-state index is 3.55. The second kappa shape index (κ2) is 4.04. The Balaban J connectivity index is 1.88. The smallest absolute Gasteiger partial charge is 0.0369 e. The van der Waals surface area contributed by atoms with Crippen LogP contribution in [-0.2, 0) is 0 Å². The maximum Gasteiger partial charge on any atom is 0.0369 e. The summed E-state index contributed by atoms with van der Waals surface area (Å²) in [5, 5.41) is 3.55. The van der Waals surface area contributed by atoms with Crippen LogP contribution in [0.5, 0.6) is 0 Å². The summed E-state index contributed by atoms with van der Waals surface area (Å²) in [6.45, 7) is 5.66. The van der Waals surface area contributed by atoms with Crippen molar-refractivity contribution in [3.05, 3.63) is 29.8 Å². The summed E-state index contributed by atoms with van der Waals surface area (Å²) in [7, 11) is 0. The molecule has 0 bridgehead atoms. The molecule has 76 valence electrons. The monoisotopic (exact) mass is 189 g/mol. The molecule has 0 aliphatic heterocycles.